The Morgan fingerprint density at radius 2 is 1.94 bits per heavy atom. The van der Waals surface area contributed by atoms with Gasteiger partial charge in [-0.2, -0.15) is 8.42 Å². The third-order valence-corrected chi connectivity index (χ3v) is 7.02. The van der Waals surface area contributed by atoms with Gasteiger partial charge in [0.15, 0.2) is 6.61 Å². The minimum atomic E-state index is -4.38. The molecule has 1 aromatic heterocycles. The molecule has 0 radical (unpaired) electrons. The van der Waals surface area contributed by atoms with Crippen LogP contribution in [0.3, 0.4) is 0 Å². The van der Waals surface area contributed by atoms with Gasteiger partial charge in [0.1, 0.15) is 5.25 Å². The van der Waals surface area contributed by atoms with Crippen LogP contribution in [0.25, 0.3) is 0 Å². The van der Waals surface area contributed by atoms with Crippen molar-refractivity contribution in [2.75, 3.05) is 26.2 Å². The van der Waals surface area contributed by atoms with Crippen LogP contribution in [0.1, 0.15) is 30.2 Å². The fraction of sp³-hybridized carbons (Fsp3) is 0.429. The molecule has 11 heteroatoms. The van der Waals surface area contributed by atoms with E-state index in [1.165, 1.54) is 19.2 Å². The van der Waals surface area contributed by atoms with Crippen molar-refractivity contribution in [3.63, 3.8) is 0 Å². The van der Waals surface area contributed by atoms with Gasteiger partial charge in [0.2, 0.25) is 5.88 Å². The molecular weight excluding hydrogens is 477 g/mol. The summed E-state index contributed by atoms with van der Waals surface area (Å²) in [5.74, 6) is -0.284. The van der Waals surface area contributed by atoms with Crippen molar-refractivity contribution < 1.29 is 22.5 Å². The molecule has 3 rings (SSSR count). The summed E-state index contributed by atoms with van der Waals surface area (Å²) in [5.41, 5.74) is 1.24. The van der Waals surface area contributed by atoms with Gasteiger partial charge in [-0.1, -0.05) is 35.3 Å². The highest BCUT2D eigenvalue weighted by atomic mass is 35.5. The Balaban J connectivity index is 1.60. The van der Waals surface area contributed by atoms with E-state index in [4.69, 9.17) is 27.9 Å². The summed E-state index contributed by atoms with van der Waals surface area (Å²) in [7, 11) is -4.38. The highest BCUT2D eigenvalue weighted by Gasteiger charge is 2.29. The van der Waals surface area contributed by atoms with Crippen LogP contribution < -0.4 is 4.74 Å². The Hall–Kier alpha value is -1.91. The molecule has 0 spiro atoms. The van der Waals surface area contributed by atoms with Crippen LogP contribution in [0.4, 0.5) is 0 Å². The zero-order valence-corrected chi connectivity index (χ0v) is 20.1. The Morgan fingerprint density at radius 1 is 1.25 bits per heavy atom. The van der Waals surface area contributed by atoms with Crippen molar-refractivity contribution in [1.82, 2.24) is 14.8 Å². The molecular formula is C21H25Cl2N3O5S. The van der Waals surface area contributed by atoms with Gasteiger partial charge in [-0.3, -0.25) is 14.2 Å². The number of benzene rings is 1. The van der Waals surface area contributed by atoms with E-state index in [0.717, 1.165) is 12.1 Å². The smallest absolute Gasteiger partial charge is 0.271 e. The number of ether oxygens (including phenoxy) is 1. The van der Waals surface area contributed by atoms with Gasteiger partial charge >= 0.3 is 0 Å². The first-order valence-corrected chi connectivity index (χ1v) is 12.3. The van der Waals surface area contributed by atoms with Crippen molar-refractivity contribution in [2.24, 2.45) is 0 Å². The maximum absolute atomic E-state index is 12.8. The SMILES string of the molecule is CC1CN(Cc2ccc(Cl)cc2)CCN1C(=O)COc1ncc(Cl)cc1C(C)S(=O)(=O)O. The third-order valence-electron chi connectivity index (χ3n) is 5.41. The maximum Gasteiger partial charge on any atom is 0.271 e. The molecule has 1 amide bonds. The average molecular weight is 502 g/mol. The molecule has 1 aliphatic rings. The van der Waals surface area contributed by atoms with Crippen LogP contribution in [0.5, 0.6) is 5.88 Å². The Morgan fingerprint density at radius 3 is 2.56 bits per heavy atom. The molecule has 1 N–H and O–H groups in total. The highest BCUT2D eigenvalue weighted by molar-refractivity contribution is 7.86. The molecule has 2 aromatic rings. The predicted molar refractivity (Wildman–Crippen MR) is 123 cm³/mol. The van der Waals surface area contributed by atoms with Gasteiger partial charge in [0, 0.05) is 49.0 Å². The van der Waals surface area contributed by atoms with Crippen molar-refractivity contribution >= 4 is 39.2 Å². The van der Waals surface area contributed by atoms with E-state index in [1.54, 1.807) is 4.90 Å². The van der Waals surface area contributed by atoms with Crippen LogP contribution in [0.15, 0.2) is 36.5 Å². The van der Waals surface area contributed by atoms with Crippen LogP contribution in [0, 0.1) is 0 Å². The summed E-state index contributed by atoms with van der Waals surface area (Å²) in [5, 5.41) is -0.407. The zero-order valence-electron chi connectivity index (χ0n) is 17.7. The first kappa shape index (κ1) is 24.7. The summed E-state index contributed by atoms with van der Waals surface area (Å²) in [6.45, 7) is 5.69. The normalized spacial score (nSPS) is 18.4. The van der Waals surface area contributed by atoms with E-state index >= 15 is 0 Å². The molecule has 2 atom stereocenters. The number of carbonyl (C=O) groups excluding carboxylic acids is 1. The predicted octanol–water partition coefficient (Wildman–Crippen LogP) is 3.45. The number of hydrogen-bond acceptors (Lipinski definition) is 6. The van der Waals surface area contributed by atoms with E-state index in [1.807, 2.05) is 31.2 Å². The second-order valence-corrected chi connectivity index (χ2v) is 10.4. The number of rotatable bonds is 7. The number of aromatic nitrogens is 1. The molecule has 1 fully saturated rings. The van der Waals surface area contributed by atoms with E-state index in [2.05, 4.69) is 9.88 Å². The summed E-state index contributed by atoms with van der Waals surface area (Å²) in [4.78, 5) is 20.8. The Bertz CT molecular complexity index is 1070. The monoisotopic (exact) mass is 501 g/mol. The number of pyridine rings is 1. The molecule has 0 saturated carbocycles. The van der Waals surface area contributed by atoms with E-state index in [-0.39, 0.29) is 35.0 Å². The zero-order chi connectivity index (χ0) is 23.5. The lowest BCUT2D eigenvalue weighted by atomic mass is 10.1. The van der Waals surface area contributed by atoms with Crippen LogP contribution in [-0.2, 0) is 21.5 Å². The Labute approximate surface area is 197 Å². The molecule has 8 nitrogen and oxygen atoms in total. The number of nitrogens with zero attached hydrogens (tertiary/aromatic N) is 3. The van der Waals surface area contributed by atoms with E-state index in [9.17, 15) is 17.8 Å². The van der Waals surface area contributed by atoms with Crippen molar-refractivity contribution in [3.05, 3.63) is 57.7 Å². The molecule has 174 valence electrons. The molecule has 2 heterocycles. The van der Waals surface area contributed by atoms with Crippen molar-refractivity contribution in [2.45, 2.75) is 31.7 Å². The van der Waals surface area contributed by atoms with Gasteiger partial charge in [0.25, 0.3) is 16.0 Å². The maximum atomic E-state index is 12.8. The molecule has 32 heavy (non-hydrogen) atoms. The third kappa shape index (κ3) is 6.32. The lowest BCUT2D eigenvalue weighted by Gasteiger charge is -2.39. The van der Waals surface area contributed by atoms with Gasteiger partial charge < -0.3 is 9.64 Å². The summed E-state index contributed by atoms with van der Waals surface area (Å²) < 4.78 is 38.0. The number of halogens is 2. The number of carbonyl (C=O) groups is 1. The van der Waals surface area contributed by atoms with Gasteiger partial charge in [-0.05, 0) is 37.6 Å². The van der Waals surface area contributed by atoms with E-state index < -0.39 is 15.4 Å². The fourth-order valence-corrected chi connectivity index (χ4v) is 4.40. The number of piperazine rings is 1. The minimum Gasteiger partial charge on any atom is -0.467 e. The van der Waals surface area contributed by atoms with E-state index in [0.29, 0.717) is 24.7 Å². The van der Waals surface area contributed by atoms with Crippen LogP contribution in [-0.4, -0.2) is 65.9 Å². The molecule has 1 aromatic carbocycles. The summed E-state index contributed by atoms with van der Waals surface area (Å²) in [6, 6.07) is 9.02. The van der Waals surface area contributed by atoms with Gasteiger partial charge in [-0.25, -0.2) is 4.98 Å². The Kier molecular flexibility index (Phi) is 8.00. The lowest BCUT2D eigenvalue weighted by molar-refractivity contribution is -0.138. The highest BCUT2D eigenvalue weighted by Crippen LogP contribution is 2.30. The molecule has 0 aliphatic carbocycles. The van der Waals surface area contributed by atoms with Gasteiger partial charge in [0.05, 0.1) is 5.02 Å². The average Bonchev–Trinajstić information content (AvgIpc) is 2.73. The molecule has 1 saturated heterocycles. The quantitative estimate of drug-likeness (QED) is 0.579. The second kappa shape index (κ2) is 10.4. The summed E-state index contributed by atoms with van der Waals surface area (Å²) >= 11 is 11.9. The standard InChI is InChI=1S/C21H25Cl2N3O5S/c1-14-11-25(12-16-3-5-17(22)6-4-16)7-8-26(14)20(27)13-31-21-19(9-18(23)10-24-21)15(2)32(28,29)30/h3-6,9-10,14-15H,7-8,11-13H2,1-2H3,(H,28,29,30). The van der Waals surface area contributed by atoms with Crippen LogP contribution >= 0.6 is 23.2 Å². The topological polar surface area (TPSA) is 100 Å². The fourth-order valence-electron chi connectivity index (χ4n) is 3.62. The largest absolute Gasteiger partial charge is 0.467 e. The first-order chi connectivity index (χ1) is 15.0. The van der Waals surface area contributed by atoms with Crippen molar-refractivity contribution in [3.8, 4) is 5.88 Å². The molecule has 0 bridgehead atoms. The molecule has 2 unspecified atom stereocenters. The number of amides is 1. The van der Waals surface area contributed by atoms with Crippen molar-refractivity contribution in [1.29, 1.82) is 0 Å². The summed E-state index contributed by atoms with van der Waals surface area (Å²) in [6.07, 6.45) is 1.29. The van der Waals surface area contributed by atoms with Gasteiger partial charge in [-0.15, -0.1) is 0 Å². The molecule has 1 aliphatic heterocycles. The number of hydrogen-bond donors (Lipinski definition) is 1. The lowest BCUT2D eigenvalue weighted by Crippen LogP contribution is -2.54. The minimum absolute atomic E-state index is 0.0264. The first-order valence-electron chi connectivity index (χ1n) is 10.1. The second-order valence-electron chi connectivity index (χ2n) is 7.79. The van der Waals surface area contributed by atoms with Crippen LogP contribution in [0.2, 0.25) is 10.0 Å².